The molecule has 5 heteroatoms. The molecule has 0 spiro atoms. The molecule has 1 aromatic heterocycles. The topological polar surface area (TPSA) is 56.1 Å². The van der Waals surface area contributed by atoms with Gasteiger partial charge >= 0.3 is 0 Å². The largest absolute Gasteiger partial charge is 0.367 e. The summed E-state index contributed by atoms with van der Waals surface area (Å²) in [5.74, 6) is -0.138. The molecule has 0 aliphatic rings. The van der Waals surface area contributed by atoms with Crippen molar-refractivity contribution in [2.24, 2.45) is 0 Å². The lowest BCUT2D eigenvalue weighted by Crippen LogP contribution is -2.32. The van der Waals surface area contributed by atoms with Crippen LogP contribution in [0.5, 0.6) is 0 Å². The zero-order chi connectivity index (χ0) is 13.5. The predicted molar refractivity (Wildman–Crippen MR) is 71.4 cm³/mol. The first kappa shape index (κ1) is 13.3. The number of amides is 1. The van der Waals surface area contributed by atoms with Gasteiger partial charge in [0.15, 0.2) is 6.10 Å². The minimum atomic E-state index is -0.571. The third kappa shape index (κ3) is 3.66. The Morgan fingerprint density at radius 3 is 2.79 bits per heavy atom. The number of ether oxygens (including phenoxy) is 1. The molecule has 0 aliphatic carbocycles. The van der Waals surface area contributed by atoms with E-state index >= 15 is 0 Å². The molecule has 1 amide bonds. The molecule has 0 bridgehead atoms. The van der Waals surface area contributed by atoms with Crippen molar-refractivity contribution in [1.29, 1.82) is 0 Å². The average molecular weight is 259 g/mol. The summed E-state index contributed by atoms with van der Waals surface area (Å²) in [4.78, 5) is 12.0. The van der Waals surface area contributed by atoms with E-state index in [9.17, 15) is 4.79 Å². The van der Waals surface area contributed by atoms with E-state index in [4.69, 9.17) is 4.74 Å². The maximum Gasteiger partial charge on any atom is 0.253 e. The SMILES string of the molecule is CO[C@H](C(=O)NCCn1cccn1)c1ccccc1. The summed E-state index contributed by atoms with van der Waals surface area (Å²) in [7, 11) is 1.53. The van der Waals surface area contributed by atoms with Crippen LogP contribution in [0.25, 0.3) is 0 Å². The highest BCUT2D eigenvalue weighted by atomic mass is 16.5. The maximum absolute atomic E-state index is 12.0. The van der Waals surface area contributed by atoms with Gasteiger partial charge in [-0.3, -0.25) is 9.48 Å². The Balaban J connectivity index is 1.87. The van der Waals surface area contributed by atoms with E-state index in [1.807, 2.05) is 42.6 Å². The molecule has 1 N–H and O–H groups in total. The predicted octanol–water partition coefficient (Wildman–Crippen LogP) is 1.39. The van der Waals surface area contributed by atoms with Crippen molar-refractivity contribution in [3.63, 3.8) is 0 Å². The van der Waals surface area contributed by atoms with Crippen LogP contribution in [-0.4, -0.2) is 29.3 Å². The number of benzene rings is 1. The van der Waals surface area contributed by atoms with Crippen LogP contribution >= 0.6 is 0 Å². The molecule has 2 aromatic rings. The van der Waals surface area contributed by atoms with Crippen LogP contribution in [0.3, 0.4) is 0 Å². The first-order valence-corrected chi connectivity index (χ1v) is 6.14. The summed E-state index contributed by atoms with van der Waals surface area (Å²) in [5, 5.41) is 6.92. The number of aromatic nitrogens is 2. The Kier molecular flexibility index (Phi) is 4.69. The fourth-order valence-electron chi connectivity index (χ4n) is 1.84. The highest BCUT2D eigenvalue weighted by Crippen LogP contribution is 2.15. The Morgan fingerprint density at radius 2 is 2.16 bits per heavy atom. The number of rotatable bonds is 6. The van der Waals surface area contributed by atoms with Gasteiger partial charge in [0, 0.05) is 26.0 Å². The monoisotopic (exact) mass is 259 g/mol. The molecule has 1 atom stereocenters. The molecule has 0 radical (unpaired) electrons. The number of nitrogens with one attached hydrogen (secondary N) is 1. The number of carbonyl (C=O) groups is 1. The highest BCUT2D eigenvalue weighted by molar-refractivity contribution is 5.82. The van der Waals surface area contributed by atoms with Gasteiger partial charge in [0.25, 0.3) is 5.91 Å². The maximum atomic E-state index is 12.0. The molecular formula is C14H17N3O2. The Labute approximate surface area is 112 Å². The number of methoxy groups -OCH3 is 1. The molecule has 0 saturated carbocycles. The third-order valence-corrected chi connectivity index (χ3v) is 2.78. The van der Waals surface area contributed by atoms with E-state index < -0.39 is 6.10 Å². The molecule has 19 heavy (non-hydrogen) atoms. The van der Waals surface area contributed by atoms with Crippen LogP contribution in [0.2, 0.25) is 0 Å². The van der Waals surface area contributed by atoms with E-state index in [0.29, 0.717) is 13.1 Å². The first-order valence-electron chi connectivity index (χ1n) is 6.14. The number of hydrogen-bond acceptors (Lipinski definition) is 3. The molecule has 0 saturated heterocycles. The van der Waals surface area contributed by atoms with Crippen molar-refractivity contribution < 1.29 is 9.53 Å². The van der Waals surface area contributed by atoms with Crippen LogP contribution in [0.1, 0.15) is 11.7 Å². The van der Waals surface area contributed by atoms with Gasteiger partial charge in [0.2, 0.25) is 0 Å². The van der Waals surface area contributed by atoms with Gasteiger partial charge in [0.1, 0.15) is 0 Å². The van der Waals surface area contributed by atoms with E-state index in [1.165, 1.54) is 7.11 Å². The Morgan fingerprint density at radius 1 is 1.37 bits per heavy atom. The Hall–Kier alpha value is -2.14. The lowest BCUT2D eigenvalue weighted by molar-refractivity contribution is -0.131. The van der Waals surface area contributed by atoms with Crippen LogP contribution in [0.15, 0.2) is 48.8 Å². The van der Waals surface area contributed by atoms with Gasteiger partial charge in [-0.05, 0) is 11.6 Å². The van der Waals surface area contributed by atoms with E-state index in [0.717, 1.165) is 5.56 Å². The summed E-state index contributed by atoms with van der Waals surface area (Å²) in [5.41, 5.74) is 0.849. The van der Waals surface area contributed by atoms with Gasteiger partial charge in [0.05, 0.1) is 6.54 Å². The second-order valence-electron chi connectivity index (χ2n) is 4.09. The minimum absolute atomic E-state index is 0.138. The summed E-state index contributed by atoms with van der Waals surface area (Å²) >= 11 is 0. The molecule has 0 fully saturated rings. The number of hydrogen-bond donors (Lipinski definition) is 1. The molecule has 1 aromatic carbocycles. The molecule has 0 unspecified atom stereocenters. The van der Waals surface area contributed by atoms with Crippen LogP contribution < -0.4 is 5.32 Å². The second-order valence-corrected chi connectivity index (χ2v) is 4.09. The third-order valence-electron chi connectivity index (χ3n) is 2.78. The van der Waals surface area contributed by atoms with Crippen LogP contribution in [-0.2, 0) is 16.1 Å². The zero-order valence-electron chi connectivity index (χ0n) is 10.8. The van der Waals surface area contributed by atoms with Crippen molar-refractivity contribution in [3.05, 3.63) is 54.4 Å². The highest BCUT2D eigenvalue weighted by Gasteiger charge is 2.18. The van der Waals surface area contributed by atoms with Crippen LogP contribution in [0, 0.1) is 0 Å². The fraction of sp³-hybridized carbons (Fsp3) is 0.286. The van der Waals surface area contributed by atoms with Crippen LogP contribution in [0.4, 0.5) is 0 Å². The van der Waals surface area contributed by atoms with E-state index in [-0.39, 0.29) is 5.91 Å². The van der Waals surface area contributed by atoms with Gasteiger partial charge in [-0.1, -0.05) is 30.3 Å². The first-order chi connectivity index (χ1) is 9.31. The minimum Gasteiger partial charge on any atom is -0.367 e. The fourth-order valence-corrected chi connectivity index (χ4v) is 1.84. The van der Waals surface area contributed by atoms with Gasteiger partial charge in [-0.2, -0.15) is 5.10 Å². The molecule has 1 heterocycles. The molecular weight excluding hydrogens is 242 g/mol. The summed E-state index contributed by atoms with van der Waals surface area (Å²) in [6.45, 7) is 1.16. The van der Waals surface area contributed by atoms with E-state index in [1.54, 1.807) is 10.9 Å². The number of carbonyl (C=O) groups excluding carboxylic acids is 1. The Bertz CT molecular complexity index is 497. The average Bonchev–Trinajstić information content (AvgIpc) is 2.94. The standard InChI is InChI=1S/C14H17N3O2/c1-19-13(12-6-3-2-4-7-12)14(18)15-9-11-17-10-5-8-16-17/h2-8,10,13H,9,11H2,1H3,(H,15,18)/t13-/m0/s1. The zero-order valence-corrected chi connectivity index (χ0v) is 10.8. The van der Waals surface area contributed by atoms with Gasteiger partial charge in [-0.25, -0.2) is 0 Å². The van der Waals surface area contributed by atoms with Crippen molar-refractivity contribution >= 4 is 5.91 Å². The van der Waals surface area contributed by atoms with Crippen molar-refractivity contribution in [3.8, 4) is 0 Å². The molecule has 100 valence electrons. The van der Waals surface area contributed by atoms with Crippen molar-refractivity contribution in [1.82, 2.24) is 15.1 Å². The smallest absolute Gasteiger partial charge is 0.253 e. The number of nitrogens with zero attached hydrogens (tertiary/aromatic N) is 2. The van der Waals surface area contributed by atoms with Crippen molar-refractivity contribution in [2.75, 3.05) is 13.7 Å². The molecule has 2 rings (SSSR count). The second kappa shape index (κ2) is 6.70. The summed E-state index contributed by atoms with van der Waals surface area (Å²) in [6.07, 6.45) is 3.00. The normalized spacial score (nSPS) is 12.1. The van der Waals surface area contributed by atoms with Gasteiger partial charge < -0.3 is 10.1 Å². The summed E-state index contributed by atoms with van der Waals surface area (Å²) < 4.78 is 7.02. The lowest BCUT2D eigenvalue weighted by Gasteiger charge is -2.15. The summed E-state index contributed by atoms with van der Waals surface area (Å²) in [6, 6.07) is 11.3. The van der Waals surface area contributed by atoms with Gasteiger partial charge in [-0.15, -0.1) is 0 Å². The van der Waals surface area contributed by atoms with E-state index in [2.05, 4.69) is 10.4 Å². The molecule has 5 nitrogen and oxygen atoms in total. The lowest BCUT2D eigenvalue weighted by atomic mass is 10.1. The quantitative estimate of drug-likeness (QED) is 0.853. The van der Waals surface area contributed by atoms with Crippen molar-refractivity contribution in [2.45, 2.75) is 12.6 Å². The molecule has 0 aliphatic heterocycles.